The molecular formula is C16H11BrO5. The van der Waals surface area contributed by atoms with Crippen LogP contribution in [-0.2, 0) is 4.79 Å². The molecule has 3 rings (SSSR count). The highest BCUT2D eigenvalue weighted by atomic mass is 79.9. The standard InChI is InChI=1S/C16H11BrO5/c1-8-6-12-13(22-16(21-12)15(19)20)7-10(8)14(18)9-4-2-3-5-11(9)17/h2-7,16H,1H3,(H,19,20). The molecular weight excluding hydrogens is 352 g/mol. The fourth-order valence-corrected chi connectivity index (χ4v) is 2.70. The molecule has 0 aromatic heterocycles. The van der Waals surface area contributed by atoms with Crippen LogP contribution in [0.2, 0.25) is 0 Å². The normalized spacial score (nSPS) is 15.6. The summed E-state index contributed by atoms with van der Waals surface area (Å²) in [6.07, 6.45) is -1.37. The van der Waals surface area contributed by atoms with Crippen LogP contribution in [0.3, 0.4) is 0 Å². The second-order valence-electron chi connectivity index (χ2n) is 4.83. The van der Waals surface area contributed by atoms with Gasteiger partial charge in [0.15, 0.2) is 17.3 Å². The van der Waals surface area contributed by atoms with Crippen LogP contribution in [0, 0.1) is 6.92 Å². The van der Waals surface area contributed by atoms with Crippen molar-refractivity contribution in [3.8, 4) is 11.5 Å². The van der Waals surface area contributed by atoms with E-state index in [-0.39, 0.29) is 11.5 Å². The number of carbonyl (C=O) groups excluding carboxylic acids is 1. The third kappa shape index (κ3) is 2.46. The van der Waals surface area contributed by atoms with E-state index in [4.69, 9.17) is 14.6 Å². The number of halogens is 1. The summed E-state index contributed by atoms with van der Waals surface area (Å²) in [5.41, 5.74) is 1.66. The first-order valence-electron chi connectivity index (χ1n) is 6.47. The van der Waals surface area contributed by atoms with Crippen LogP contribution in [0.25, 0.3) is 0 Å². The van der Waals surface area contributed by atoms with Gasteiger partial charge in [0.25, 0.3) is 0 Å². The van der Waals surface area contributed by atoms with Crippen LogP contribution in [0.15, 0.2) is 40.9 Å². The van der Waals surface area contributed by atoms with Gasteiger partial charge in [-0.25, -0.2) is 4.79 Å². The quantitative estimate of drug-likeness (QED) is 0.849. The van der Waals surface area contributed by atoms with Gasteiger partial charge in [-0.3, -0.25) is 4.79 Å². The van der Waals surface area contributed by atoms with Gasteiger partial charge in [0, 0.05) is 15.6 Å². The number of ether oxygens (including phenoxy) is 2. The predicted octanol–water partition coefficient (Wildman–Crippen LogP) is 3.17. The van der Waals surface area contributed by atoms with Gasteiger partial charge in [-0.1, -0.05) is 28.1 Å². The van der Waals surface area contributed by atoms with Crippen molar-refractivity contribution in [1.82, 2.24) is 0 Å². The molecule has 2 aromatic carbocycles. The molecule has 0 saturated carbocycles. The summed E-state index contributed by atoms with van der Waals surface area (Å²) in [6, 6.07) is 10.2. The Morgan fingerprint density at radius 1 is 1.09 bits per heavy atom. The average Bonchev–Trinajstić information content (AvgIpc) is 2.89. The van der Waals surface area contributed by atoms with E-state index in [0.29, 0.717) is 26.9 Å². The Morgan fingerprint density at radius 3 is 2.36 bits per heavy atom. The molecule has 0 spiro atoms. The van der Waals surface area contributed by atoms with Gasteiger partial charge in [0.2, 0.25) is 0 Å². The van der Waals surface area contributed by atoms with Crippen molar-refractivity contribution in [2.45, 2.75) is 13.2 Å². The summed E-state index contributed by atoms with van der Waals surface area (Å²) in [4.78, 5) is 23.6. The molecule has 1 unspecified atom stereocenters. The van der Waals surface area contributed by atoms with Crippen molar-refractivity contribution < 1.29 is 24.2 Å². The summed E-state index contributed by atoms with van der Waals surface area (Å²) in [5.74, 6) is -0.801. The van der Waals surface area contributed by atoms with Crippen LogP contribution >= 0.6 is 15.9 Å². The van der Waals surface area contributed by atoms with Gasteiger partial charge in [0.1, 0.15) is 0 Å². The lowest BCUT2D eigenvalue weighted by Gasteiger charge is -2.08. The minimum atomic E-state index is -1.37. The number of hydrogen-bond acceptors (Lipinski definition) is 4. The topological polar surface area (TPSA) is 72.8 Å². The lowest BCUT2D eigenvalue weighted by Crippen LogP contribution is -2.28. The van der Waals surface area contributed by atoms with E-state index in [0.717, 1.165) is 0 Å². The first-order chi connectivity index (χ1) is 10.5. The van der Waals surface area contributed by atoms with Gasteiger partial charge in [0.05, 0.1) is 0 Å². The van der Waals surface area contributed by atoms with Gasteiger partial charge in [-0.15, -0.1) is 0 Å². The highest BCUT2D eigenvalue weighted by Crippen LogP contribution is 2.38. The molecule has 2 aromatic rings. The molecule has 112 valence electrons. The minimum absolute atomic E-state index is 0.171. The number of aliphatic carboxylic acids is 1. The zero-order chi connectivity index (χ0) is 15.9. The Bertz CT molecular complexity index is 784. The molecule has 0 fully saturated rings. The molecule has 1 aliphatic rings. The maximum absolute atomic E-state index is 12.7. The van der Waals surface area contributed by atoms with Gasteiger partial charge in [-0.2, -0.15) is 0 Å². The molecule has 0 saturated heterocycles. The number of fused-ring (bicyclic) bond motifs is 1. The largest absolute Gasteiger partial charge is 0.476 e. The van der Waals surface area contributed by atoms with Crippen molar-refractivity contribution in [3.05, 3.63) is 57.6 Å². The fraction of sp³-hybridized carbons (Fsp3) is 0.125. The molecule has 1 heterocycles. The molecule has 0 radical (unpaired) electrons. The second kappa shape index (κ2) is 5.46. The number of aryl methyl sites for hydroxylation is 1. The van der Waals surface area contributed by atoms with E-state index in [2.05, 4.69) is 15.9 Å². The van der Waals surface area contributed by atoms with Gasteiger partial charge in [-0.05, 0) is 36.8 Å². The second-order valence-corrected chi connectivity index (χ2v) is 5.68. The van der Waals surface area contributed by atoms with Crippen LogP contribution in [-0.4, -0.2) is 23.1 Å². The molecule has 22 heavy (non-hydrogen) atoms. The van der Waals surface area contributed by atoms with E-state index in [9.17, 15) is 9.59 Å². The highest BCUT2D eigenvalue weighted by molar-refractivity contribution is 9.10. The Hall–Kier alpha value is -2.34. The lowest BCUT2D eigenvalue weighted by molar-refractivity contribution is -0.154. The Morgan fingerprint density at radius 2 is 1.73 bits per heavy atom. The van der Waals surface area contributed by atoms with Crippen molar-refractivity contribution in [2.24, 2.45) is 0 Å². The van der Waals surface area contributed by atoms with E-state index in [1.165, 1.54) is 6.07 Å². The molecule has 1 atom stereocenters. The Kier molecular flexibility index (Phi) is 3.62. The first-order valence-corrected chi connectivity index (χ1v) is 7.26. The Labute approximate surface area is 134 Å². The number of benzene rings is 2. The lowest BCUT2D eigenvalue weighted by atomic mass is 9.98. The molecule has 0 amide bonds. The number of carboxylic acid groups (broad SMARTS) is 1. The van der Waals surface area contributed by atoms with Crippen LogP contribution in [0.1, 0.15) is 21.5 Å². The van der Waals surface area contributed by atoms with E-state index < -0.39 is 12.3 Å². The average molecular weight is 363 g/mol. The van der Waals surface area contributed by atoms with Gasteiger partial charge < -0.3 is 14.6 Å². The summed E-state index contributed by atoms with van der Waals surface area (Å²) in [7, 11) is 0. The summed E-state index contributed by atoms with van der Waals surface area (Å²) in [6.45, 7) is 1.77. The summed E-state index contributed by atoms with van der Waals surface area (Å²) < 4.78 is 11.1. The molecule has 0 bridgehead atoms. The van der Waals surface area contributed by atoms with Crippen molar-refractivity contribution in [3.63, 3.8) is 0 Å². The van der Waals surface area contributed by atoms with E-state index >= 15 is 0 Å². The van der Waals surface area contributed by atoms with Crippen molar-refractivity contribution >= 4 is 27.7 Å². The van der Waals surface area contributed by atoms with Gasteiger partial charge >= 0.3 is 12.3 Å². The highest BCUT2D eigenvalue weighted by Gasteiger charge is 2.32. The van der Waals surface area contributed by atoms with E-state index in [1.807, 2.05) is 6.07 Å². The molecule has 1 aliphatic heterocycles. The number of rotatable bonds is 3. The third-order valence-corrected chi connectivity index (χ3v) is 4.01. The molecule has 6 heteroatoms. The zero-order valence-electron chi connectivity index (χ0n) is 11.5. The number of hydrogen-bond donors (Lipinski definition) is 1. The molecule has 1 N–H and O–H groups in total. The number of ketones is 1. The smallest absolute Gasteiger partial charge is 0.387 e. The minimum Gasteiger partial charge on any atom is -0.476 e. The zero-order valence-corrected chi connectivity index (χ0v) is 13.1. The first kappa shape index (κ1) is 14.6. The van der Waals surface area contributed by atoms with Crippen LogP contribution in [0.4, 0.5) is 0 Å². The SMILES string of the molecule is Cc1cc2c(cc1C(=O)c1ccccc1Br)OC(C(=O)O)O2. The molecule has 0 aliphatic carbocycles. The maximum Gasteiger partial charge on any atom is 0.387 e. The van der Waals surface area contributed by atoms with Crippen LogP contribution < -0.4 is 9.47 Å². The molecule has 5 nitrogen and oxygen atoms in total. The monoisotopic (exact) mass is 362 g/mol. The fourth-order valence-electron chi connectivity index (χ4n) is 2.24. The maximum atomic E-state index is 12.7. The predicted molar refractivity (Wildman–Crippen MR) is 81.4 cm³/mol. The van der Waals surface area contributed by atoms with Crippen molar-refractivity contribution in [2.75, 3.05) is 0 Å². The van der Waals surface area contributed by atoms with Crippen molar-refractivity contribution in [1.29, 1.82) is 0 Å². The number of carbonyl (C=O) groups is 2. The third-order valence-electron chi connectivity index (χ3n) is 3.32. The summed E-state index contributed by atoms with van der Waals surface area (Å²) in [5, 5.41) is 8.92. The Balaban J connectivity index is 2.01. The van der Waals surface area contributed by atoms with Crippen LogP contribution in [0.5, 0.6) is 11.5 Å². The number of carboxylic acids is 1. The van der Waals surface area contributed by atoms with E-state index in [1.54, 1.807) is 31.2 Å². The summed E-state index contributed by atoms with van der Waals surface area (Å²) >= 11 is 3.36.